The maximum atomic E-state index is 11.5. The predicted octanol–water partition coefficient (Wildman–Crippen LogP) is 0.383. The molecule has 1 unspecified atom stereocenters. The lowest BCUT2D eigenvalue weighted by Gasteiger charge is -2.29. The third kappa shape index (κ3) is 1.08. The van der Waals surface area contributed by atoms with E-state index in [1.807, 2.05) is 0 Å². The van der Waals surface area contributed by atoms with E-state index in [0.717, 1.165) is 13.0 Å². The summed E-state index contributed by atoms with van der Waals surface area (Å²) in [6.07, 6.45) is 1.43. The van der Waals surface area contributed by atoms with Crippen molar-refractivity contribution in [3.8, 4) is 0 Å². The van der Waals surface area contributed by atoms with E-state index in [1.54, 1.807) is 0 Å². The van der Waals surface area contributed by atoms with Gasteiger partial charge in [0.05, 0.1) is 25.2 Å². The van der Waals surface area contributed by atoms with Gasteiger partial charge in [-0.15, -0.1) is 0 Å². The van der Waals surface area contributed by atoms with Crippen LogP contribution in [0.1, 0.15) is 12.8 Å². The topological polar surface area (TPSA) is 35.5 Å². The zero-order valence-electron chi connectivity index (χ0n) is 6.47. The SMILES string of the molecule is O=C1CCOCC12CCOC2. The summed E-state index contributed by atoms with van der Waals surface area (Å²) in [5, 5.41) is 0. The van der Waals surface area contributed by atoms with E-state index in [1.165, 1.54) is 0 Å². The predicted molar refractivity (Wildman–Crippen MR) is 38.3 cm³/mol. The lowest BCUT2D eigenvalue weighted by Crippen LogP contribution is -2.41. The maximum absolute atomic E-state index is 11.5. The van der Waals surface area contributed by atoms with E-state index < -0.39 is 0 Å². The highest BCUT2D eigenvalue weighted by molar-refractivity contribution is 5.86. The van der Waals surface area contributed by atoms with Gasteiger partial charge in [0, 0.05) is 13.0 Å². The fourth-order valence-electron chi connectivity index (χ4n) is 1.72. The lowest BCUT2D eigenvalue weighted by molar-refractivity contribution is -0.140. The molecule has 1 atom stereocenters. The van der Waals surface area contributed by atoms with Crippen molar-refractivity contribution in [2.75, 3.05) is 26.4 Å². The Morgan fingerprint density at radius 3 is 2.55 bits per heavy atom. The van der Waals surface area contributed by atoms with Crippen LogP contribution in [0.25, 0.3) is 0 Å². The number of hydrogen-bond acceptors (Lipinski definition) is 3. The largest absolute Gasteiger partial charge is 0.380 e. The van der Waals surface area contributed by atoms with E-state index >= 15 is 0 Å². The summed E-state index contributed by atoms with van der Waals surface area (Å²) in [5.41, 5.74) is -0.252. The van der Waals surface area contributed by atoms with Gasteiger partial charge in [-0.3, -0.25) is 4.79 Å². The first-order chi connectivity index (χ1) is 5.33. The normalized spacial score (nSPS) is 38.4. The molecule has 3 nitrogen and oxygen atoms in total. The maximum Gasteiger partial charge on any atom is 0.146 e. The average molecular weight is 156 g/mol. The van der Waals surface area contributed by atoms with Crippen molar-refractivity contribution in [2.24, 2.45) is 5.41 Å². The first-order valence-electron chi connectivity index (χ1n) is 4.02. The molecule has 2 aliphatic heterocycles. The van der Waals surface area contributed by atoms with Crippen LogP contribution in [0.15, 0.2) is 0 Å². The minimum atomic E-state index is -0.252. The average Bonchev–Trinajstić information content (AvgIpc) is 2.46. The lowest BCUT2D eigenvalue weighted by atomic mass is 9.81. The van der Waals surface area contributed by atoms with Crippen LogP contribution < -0.4 is 0 Å². The molecule has 2 aliphatic rings. The van der Waals surface area contributed by atoms with Gasteiger partial charge >= 0.3 is 0 Å². The van der Waals surface area contributed by atoms with Gasteiger partial charge < -0.3 is 9.47 Å². The molecule has 0 aromatic carbocycles. The molecule has 2 saturated heterocycles. The van der Waals surface area contributed by atoms with Crippen LogP contribution >= 0.6 is 0 Å². The molecule has 0 amide bonds. The number of hydrogen-bond donors (Lipinski definition) is 0. The molecule has 0 aliphatic carbocycles. The fourth-order valence-corrected chi connectivity index (χ4v) is 1.72. The van der Waals surface area contributed by atoms with Gasteiger partial charge in [0.25, 0.3) is 0 Å². The molecular weight excluding hydrogens is 144 g/mol. The monoisotopic (exact) mass is 156 g/mol. The van der Waals surface area contributed by atoms with Gasteiger partial charge in [-0.1, -0.05) is 0 Å². The standard InChI is InChI=1S/C8H12O3/c9-7-1-3-10-5-8(7)2-4-11-6-8/h1-6H2. The number of rotatable bonds is 0. The highest BCUT2D eigenvalue weighted by Gasteiger charge is 2.43. The Bertz CT molecular complexity index is 170. The van der Waals surface area contributed by atoms with Crippen LogP contribution in [0.4, 0.5) is 0 Å². The number of ether oxygens (including phenoxy) is 2. The number of carbonyl (C=O) groups excluding carboxylic acids is 1. The van der Waals surface area contributed by atoms with Crippen LogP contribution in [0.5, 0.6) is 0 Å². The van der Waals surface area contributed by atoms with Crippen molar-refractivity contribution in [1.82, 2.24) is 0 Å². The Labute approximate surface area is 65.7 Å². The zero-order chi connectivity index (χ0) is 7.73. The Hall–Kier alpha value is -0.410. The van der Waals surface area contributed by atoms with Crippen molar-refractivity contribution in [1.29, 1.82) is 0 Å². The summed E-state index contributed by atoms with van der Waals surface area (Å²) in [4.78, 5) is 11.5. The van der Waals surface area contributed by atoms with Crippen LogP contribution in [0, 0.1) is 5.41 Å². The molecule has 0 bridgehead atoms. The van der Waals surface area contributed by atoms with Crippen LogP contribution in [-0.2, 0) is 14.3 Å². The van der Waals surface area contributed by atoms with Gasteiger partial charge in [0.1, 0.15) is 5.78 Å². The molecule has 0 aromatic rings. The number of ketones is 1. The van der Waals surface area contributed by atoms with Crippen LogP contribution in [0.3, 0.4) is 0 Å². The van der Waals surface area contributed by atoms with E-state index in [9.17, 15) is 4.79 Å². The van der Waals surface area contributed by atoms with E-state index in [-0.39, 0.29) is 5.41 Å². The van der Waals surface area contributed by atoms with Crippen LogP contribution in [0.2, 0.25) is 0 Å². The molecule has 11 heavy (non-hydrogen) atoms. The molecule has 0 radical (unpaired) electrons. The van der Waals surface area contributed by atoms with Gasteiger partial charge in [-0.2, -0.15) is 0 Å². The Kier molecular flexibility index (Phi) is 1.69. The molecule has 2 rings (SSSR count). The second kappa shape index (κ2) is 2.57. The molecule has 1 spiro atoms. The molecule has 62 valence electrons. The zero-order valence-corrected chi connectivity index (χ0v) is 6.47. The quantitative estimate of drug-likeness (QED) is 0.508. The number of Topliss-reactive ketones (excluding diaryl/α,β-unsaturated/α-hetero) is 1. The Balaban J connectivity index is 2.13. The second-order valence-corrected chi connectivity index (χ2v) is 3.31. The molecule has 3 heteroatoms. The first-order valence-corrected chi connectivity index (χ1v) is 4.02. The van der Waals surface area contributed by atoms with Crippen molar-refractivity contribution >= 4 is 5.78 Å². The smallest absolute Gasteiger partial charge is 0.146 e. The third-order valence-corrected chi connectivity index (χ3v) is 2.55. The van der Waals surface area contributed by atoms with Crippen LogP contribution in [-0.4, -0.2) is 32.2 Å². The minimum absolute atomic E-state index is 0.252. The number of carbonyl (C=O) groups is 1. The van der Waals surface area contributed by atoms with E-state index in [0.29, 0.717) is 32.0 Å². The van der Waals surface area contributed by atoms with Gasteiger partial charge in [0.2, 0.25) is 0 Å². The Morgan fingerprint density at radius 1 is 1.18 bits per heavy atom. The van der Waals surface area contributed by atoms with Gasteiger partial charge in [0.15, 0.2) is 0 Å². The molecule has 2 fully saturated rings. The summed E-state index contributed by atoms with van der Waals surface area (Å²) < 4.78 is 10.5. The summed E-state index contributed by atoms with van der Waals surface area (Å²) in [7, 11) is 0. The second-order valence-electron chi connectivity index (χ2n) is 3.31. The third-order valence-electron chi connectivity index (χ3n) is 2.55. The van der Waals surface area contributed by atoms with Gasteiger partial charge in [-0.25, -0.2) is 0 Å². The fraction of sp³-hybridized carbons (Fsp3) is 0.875. The molecule has 0 saturated carbocycles. The van der Waals surface area contributed by atoms with Gasteiger partial charge in [-0.05, 0) is 6.42 Å². The van der Waals surface area contributed by atoms with E-state index in [2.05, 4.69) is 0 Å². The molecule has 0 N–H and O–H groups in total. The highest BCUT2D eigenvalue weighted by atomic mass is 16.5. The summed E-state index contributed by atoms with van der Waals surface area (Å²) in [6, 6.07) is 0. The first kappa shape index (κ1) is 7.25. The summed E-state index contributed by atoms with van der Waals surface area (Å²) in [5.74, 6) is 0.334. The molecular formula is C8H12O3. The summed E-state index contributed by atoms with van der Waals surface area (Å²) >= 11 is 0. The highest BCUT2D eigenvalue weighted by Crippen LogP contribution is 2.33. The van der Waals surface area contributed by atoms with E-state index in [4.69, 9.17) is 9.47 Å². The van der Waals surface area contributed by atoms with Crippen molar-refractivity contribution in [2.45, 2.75) is 12.8 Å². The van der Waals surface area contributed by atoms with Crippen molar-refractivity contribution in [3.05, 3.63) is 0 Å². The van der Waals surface area contributed by atoms with Crippen molar-refractivity contribution in [3.63, 3.8) is 0 Å². The van der Waals surface area contributed by atoms with Crippen molar-refractivity contribution < 1.29 is 14.3 Å². The Morgan fingerprint density at radius 2 is 1.91 bits per heavy atom. The molecule has 2 heterocycles. The minimum Gasteiger partial charge on any atom is -0.380 e. The molecule has 0 aromatic heterocycles. The summed E-state index contributed by atoms with van der Waals surface area (Å²) in [6.45, 7) is 2.47.